The lowest BCUT2D eigenvalue weighted by Crippen LogP contribution is -2.30. The number of nitrogens with zero attached hydrogens (tertiary/aromatic N) is 2. The first-order chi connectivity index (χ1) is 16.7. The first-order valence-electron chi connectivity index (χ1n) is 11.4. The van der Waals surface area contributed by atoms with Crippen LogP contribution in [0.5, 0.6) is 5.75 Å². The van der Waals surface area contributed by atoms with Gasteiger partial charge in [-0.3, -0.25) is 14.6 Å². The minimum atomic E-state index is -1.11. The maximum atomic E-state index is 15.0. The fourth-order valence-corrected chi connectivity index (χ4v) is 4.46. The van der Waals surface area contributed by atoms with E-state index < -0.39 is 23.5 Å². The van der Waals surface area contributed by atoms with Gasteiger partial charge in [0.05, 0.1) is 31.0 Å². The number of aromatic nitrogens is 1. The molecule has 0 spiro atoms. The van der Waals surface area contributed by atoms with E-state index in [4.69, 9.17) is 4.74 Å². The van der Waals surface area contributed by atoms with Crippen molar-refractivity contribution in [3.8, 4) is 5.75 Å². The van der Waals surface area contributed by atoms with Gasteiger partial charge in [-0.15, -0.1) is 0 Å². The van der Waals surface area contributed by atoms with E-state index in [-0.39, 0.29) is 29.4 Å². The Kier molecular flexibility index (Phi) is 6.69. The number of aryl methyl sites for hydroxylation is 1. The summed E-state index contributed by atoms with van der Waals surface area (Å²) < 4.78 is 20.5. The van der Waals surface area contributed by atoms with Crippen molar-refractivity contribution in [1.82, 2.24) is 9.88 Å². The Balaban J connectivity index is 1.94. The van der Waals surface area contributed by atoms with E-state index in [1.807, 2.05) is 13.8 Å². The second-order valence-corrected chi connectivity index (χ2v) is 8.83. The average molecular weight is 475 g/mol. The number of likely N-dealkylation sites (tertiary alicyclic amines) is 1. The highest BCUT2D eigenvalue weighted by molar-refractivity contribution is 6.46. The van der Waals surface area contributed by atoms with Gasteiger partial charge < -0.3 is 14.7 Å². The second kappa shape index (κ2) is 9.70. The minimum absolute atomic E-state index is 0.0139. The summed E-state index contributed by atoms with van der Waals surface area (Å²) in [5.74, 6) is -1.87. The lowest BCUT2D eigenvalue weighted by atomic mass is 9.91. The predicted molar refractivity (Wildman–Crippen MR) is 130 cm³/mol. The number of benzene rings is 2. The molecule has 1 aromatic heterocycles. The SMILES string of the molecule is COc1cc(C)c(/C(O)=C2\C(=O)C(=O)N(Cc3ccccn3)C2c2ccccc2F)cc1C(C)C. The Morgan fingerprint density at radius 2 is 1.86 bits per heavy atom. The van der Waals surface area contributed by atoms with Crippen molar-refractivity contribution in [2.75, 3.05) is 7.11 Å². The average Bonchev–Trinajstić information content (AvgIpc) is 3.09. The molecule has 1 aliphatic heterocycles. The molecule has 1 aliphatic rings. The van der Waals surface area contributed by atoms with Crippen LogP contribution >= 0.6 is 0 Å². The Labute approximate surface area is 203 Å². The maximum absolute atomic E-state index is 15.0. The van der Waals surface area contributed by atoms with E-state index in [1.165, 1.54) is 23.1 Å². The van der Waals surface area contributed by atoms with Crippen LogP contribution in [0.3, 0.4) is 0 Å². The predicted octanol–water partition coefficient (Wildman–Crippen LogP) is 5.28. The van der Waals surface area contributed by atoms with Gasteiger partial charge in [0.25, 0.3) is 11.7 Å². The lowest BCUT2D eigenvalue weighted by Gasteiger charge is -2.25. The molecule has 1 N–H and O–H groups in total. The number of carbonyl (C=O) groups is 2. The molecule has 1 fully saturated rings. The Morgan fingerprint density at radius 3 is 2.49 bits per heavy atom. The molecule has 180 valence electrons. The normalized spacial score (nSPS) is 17.3. The molecule has 35 heavy (non-hydrogen) atoms. The van der Waals surface area contributed by atoms with Crippen LogP contribution in [0.4, 0.5) is 4.39 Å². The number of aliphatic hydroxyl groups is 1. The van der Waals surface area contributed by atoms with Crippen LogP contribution in [0, 0.1) is 12.7 Å². The van der Waals surface area contributed by atoms with E-state index >= 15 is 4.39 Å². The molecule has 0 bridgehead atoms. The van der Waals surface area contributed by atoms with E-state index in [9.17, 15) is 14.7 Å². The molecular formula is C28H27FN2O4. The van der Waals surface area contributed by atoms with Gasteiger partial charge in [0.15, 0.2) is 0 Å². The molecule has 7 heteroatoms. The van der Waals surface area contributed by atoms with Crippen molar-refractivity contribution in [3.63, 3.8) is 0 Å². The molecule has 6 nitrogen and oxygen atoms in total. The van der Waals surface area contributed by atoms with Gasteiger partial charge in [0.1, 0.15) is 17.3 Å². The molecule has 1 saturated heterocycles. The fourth-order valence-electron chi connectivity index (χ4n) is 4.46. The Hall–Kier alpha value is -4.00. The first-order valence-corrected chi connectivity index (χ1v) is 11.4. The fraction of sp³-hybridized carbons (Fsp3) is 0.250. The van der Waals surface area contributed by atoms with Gasteiger partial charge in [-0.05, 0) is 54.3 Å². The summed E-state index contributed by atoms with van der Waals surface area (Å²) in [6.45, 7) is 5.74. The number of methoxy groups -OCH3 is 1. The summed E-state index contributed by atoms with van der Waals surface area (Å²) in [5.41, 5.74) is 2.40. The minimum Gasteiger partial charge on any atom is -0.507 e. The van der Waals surface area contributed by atoms with E-state index in [1.54, 1.807) is 56.6 Å². The van der Waals surface area contributed by atoms with Gasteiger partial charge in [-0.1, -0.05) is 38.1 Å². The number of carbonyl (C=O) groups excluding carboxylic acids is 2. The molecule has 1 unspecified atom stereocenters. The van der Waals surface area contributed by atoms with Gasteiger partial charge in [0, 0.05) is 17.3 Å². The molecular weight excluding hydrogens is 447 g/mol. The highest BCUT2D eigenvalue weighted by Gasteiger charge is 2.47. The van der Waals surface area contributed by atoms with Crippen LogP contribution in [0.25, 0.3) is 5.76 Å². The van der Waals surface area contributed by atoms with Crippen LogP contribution in [0.2, 0.25) is 0 Å². The molecule has 1 atom stereocenters. The van der Waals surface area contributed by atoms with Crippen molar-refractivity contribution in [1.29, 1.82) is 0 Å². The van der Waals surface area contributed by atoms with Gasteiger partial charge in [-0.2, -0.15) is 0 Å². The Bertz CT molecular complexity index is 1320. The monoisotopic (exact) mass is 474 g/mol. The number of hydrogen-bond donors (Lipinski definition) is 1. The zero-order chi connectivity index (χ0) is 25.3. The zero-order valence-electron chi connectivity index (χ0n) is 20.1. The van der Waals surface area contributed by atoms with Crippen LogP contribution in [0.1, 0.15) is 53.8 Å². The van der Waals surface area contributed by atoms with Crippen LogP contribution in [-0.4, -0.2) is 33.8 Å². The highest BCUT2D eigenvalue weighted by Crippen LogP contribution is 2.42. The van der Waals surface area contributed by atoms with E-state index in [0.29, 0.717) is 22.6 Å². The molecule has 1 amide bonds. The quantitative estimate of drug-likeness (QED) is 0.299. The lowest BCUT2D eigenvalue weighted by molar-refractivity contribution is -0.140. The van der Waals surface area contributed by atoms with Crippen molar-refractivity contribution in [3.05, 3.63) is 100 Å². The van der Waals surface area contributed by atoms with Crippen molar-refractivity contribution < 1.29 is 23.8 Å². The number of amides is 1. The van der Waals surface area contributed by atoms with Crippen molar-refractivity contribution >= 4 is 17.4 Å². The summed E-state index contributed by atoms with van der Waals surface area (Å²) in [5, 5.41) is 11.5. The molecule has 3 aromatic rings. The van der Waals surface area contributed by atoms with E-state index in [0.717, 1.165) is 5.56 Å². The number of rotatable bonds is 6. The number of pyridine rings is 1. The summed E-state index contributed by atoms with van der Waals surface area (Å²) >= 11 is 0. The Morgan fingerprint density at radius 1 is 1.14 bits per heavy atom. The number of Topliss-reactive ketones (excluding diaryl/α,β-unsaturated/α-hetero) is 1. The summed E-state index contributed by atoms with van der Waals surface area (Å²) in [4.78, 5) is 32.0. The smallest absolute Gasteiger partial charge is 0.296 e. The van der Waals surface area contributed by atoms with Crippen LogP contribution in [-0.2, 0) is 16.1 Å². The van der Waals surface area contributed by atoms with Crippen molar-refractivity contribution in [2.24, 2.45) is 0 Å². The zero-order valence-corrected chi connectivity index (χ0v) is 20.1. The number of aliphatic hydroxyl groups excluding tert-OH is 1. The third-order valence-corrected chi connectivity index (χ3v) is 6.25. The van der Waals surface area contributed by atoms with Crippen LogP contribution < -0.4 is 4.74 Å². The highest BCUT2D eigenvalue weighted by atomic mass is 19.1. The molecule has 0 aliphatic carbocycles. The number of hydrogen-bond acceptors (Lipinski definition) is 5. The standard InChI is InChI=1S/C28H27FN2O4/c1-16(2)20-14-21(17(3)13-23(20)35-4)26(32)24-25(19-10-5-6-11-22(19)29)31(28(34)27(24)33)15-18-9-7-8-12-30-18/h5-14,16,25,32H,15H2,1-4H3/b26-24+. The molecule has 0 saturated carbocycles. The third kappa shape index (κ3) is 4.41. The topological polar surface area (TPSA) is 79.7 Å². The largest absolute Gasteiger partial charge is 0.507 e. The number of ketones is 1. The van der Waals surface area contributed by atoms with Gasteiger partial charge in [0.2, 0.25) is 0 Å². The number of halogens is 1. The first kappa shape index (κ1) is 24.1. The maximum Gasteiger partial charge on any atom is 0.296 e. The van der Waals surface area contributed by atoms with Crippen LogP contribution in [0.15, 0.2) is 66.4 Å². The molecule has 0 radical (unpaired) electrons. The summed E-state index contributed by atoms with van der Waals surface area (Å²) in [7, 11) is 1.57. The molecule has 2 heterocycles. The van der Waals surface area contributed by atoms with Crippen molar-refractivity contribution in [2.45, 2.75) is 39.3 Å². The van der Waals surface area contributed by atoms with Gasteiger partial charge >= 0.3 is 0 Å². The second-order valence-electron chi connectivity index (χ2n) is 8.83. The third-order valence-electron chi connectivity index (χ3n) is 6.25. The summed E-state index contributed by atoms with van der Waals surface area (Å²) in [6.07, 6.45) is 1.58. The number of ether oxygens (including phenoxy) is 1. The van der Waals surface area contributed by atoms with Gasteiger partial charge in [-0.25, -0.2) is 4.39 Å². The molecule has 2 aromatic carbocycles. The summed E-state index contributed by atoms with van der Waals surface area (Å²) in [6, 6.07) is 13.6. The molecule has 4 rings (SSSR count). The van der Waals surface area contributed by atoms with E-state index in [2.05, 4.69) is 4.98 Å².